The van der Waals surface area contributed by atoms with E-state index in [9.17, 15) is 0 Å². The maximum atomic E-state index is 6.58. The van der Waals surface area contributed by atoms with E-state index in [4.69, 9.17) is 14.2 Å². The molecule has 4 atom stereocenters. The predicted octanol–water partition coefficient (Wildman–Crippen LogP) is 5.54. The smallest absolute Gasteiger partial charge is 0.230 e. The van der Waals surface area contributed by atoms with Crippen LogP contribution in [0.5, 0.6) is 0 Å². The van der Waals surface area contributed by atoms with Crippen molar-refractivity contribution in [1.29, 1.82) is 0 Å². The van der Waals surface area contributed by atoms with Gasteiger partial charge in [0.2, 0.25) is 5.79 Å². The number of benzene rings is 2. The highest BCUT2D eigenvalue weighted by atomic mass is 16.7. The molecule has 3 nitrogen and oxygen atoms in total. The van der Waals surface area contributed by atoms with Crippen molar-refractivity contribution >= 4 is 0 Å². The average Bonchev–Trinajstić information content (AvgIpc) is 2.72. The van der Waals surface area contributed by atoms with Crippen LogP contribution in [0, 0.1) is 11.8 Å². The summed E-state index contributed by atoms with van der Waals surface area (Å²) < 4.78 is 18.3. The van der Waals surface area contributed by atoms with Gasteiger partial charge in [-0.3, -0.25) is 0 Å². The van der Waals surface area contributed by atoms with Gasteiger partial charge in [-0.25, -0.2) is 0 Å². The van der Waals surface area contributed by atoms with Gasteiger partial charge in [-0.2, -0.15) is 0 Å². The maximum absolute atomic E-state index is 6.58. The van der Waals surface area contributed by atoms with E-state index in [1.54, 1.807) is 14.2 Å². The van der Waals surface area contributed by atoms with Crippen molar-refractivity contribution in [2.24, 2.45) is 11.8 Å². The predicted molar refractivity (Wildman–Crippen MR) is 108 cm³/mol. The molecule has 1 aliphatic rings. The van der Waals surface area contributed by atoms with E-state index in [2.05, 4.69) is 62.4 Å². The van der Waals surface area contributed by atoms with Crippen LogP contribution >= 0.6 is 0 Å². The molecule has 0 saturated heterocycles. The van der Waals surface area contributed by atoms with Crippen LogP contribution in [-0.4, -0.2) is 20.0 Å². The van der Waals surface area contributed by atoms with Crippen molar-refractivity contribution < 1.29 is 14.2 Å². The lowest BCUT2D eigenvalue weighted by Crippen LogP contribution is -2.50. The fourth-order valence-electron chi connectivity index (χ4n) is 4.10. The Kier molecular flexibility index (Phi) is 6.35. The van der Waals surface area contributed by atoms with Gasteiger partial charge in [-0.05, 0) is 42.9 Å². The zero-order valence-corrected chi connectivity index (χ0v) is 16.7. The Balaban J connectivity index is 1.87. The van der Waals surface area contributed by atoms with Crippen molar-refractivity contribution in [3.63, 3.8) is 0 Å². The third-order valence-electron chi connectivity index (χ3n) is 5.74. The third kappa shape index (κ3) is 4.10. The molecule has 2 aromatic carbocycles. The summed E-state index contributed by atoms with van der Waals surface area (Å²) in [6, 6.07) is 20.9. The maximum Gasteiger partial charge on any atom is 0.230 e. The summed E-state index contributed by atoms with van der Waals surface area (Å²) in [5, 5.41) is 0. The monoisotopic (exact) mass is 366 g/mol. The number of rotatable bonds is 7. The molecule has 2 aromatic rings. The van der Waals surface area contributed by atoms with Crippen LogP contribution in [0.1, 0.15) is 37.5 Å². The molecule has 0 heterocycles. The first-order valence-electron chi connectivity index (χ1n) is 9.67. The van der Waals surface area contributed by atoms with Crippen LogP contribution in [0.15, 0.2) is 72.5 Å². The molecule has 3 rings (SSSR count). The zero-order chi connectivity index (χ0) is 19.3. The SMILES string of the molecule is COC1=CCC(Cc2ccccc2)C(C)C1(OC)O[C@H](C)c1ccccc1. The Labute approximate surface area is 163 Å². The summed E-state index contributed by atoms with van der Waals surface area (Å²) in [7, 11) is 3.41. The van der Waals surface area contributed by atoms with Crippen LogP contribution in [0.3, 0.4) is 0 Å². The molecule has 0 N–H and O–H groups in total. The van der Waals surface area contributed by atoms with Gasteiger partial charge in [0, 0.05) is 13.0 Å². The Bertz CT molecular complexity index is 741. The van der Waals surface area contributed by atoms with Crippen LogP contribution in [-0.2, 0) is 20.6 Å². The van der Waals surface area contributed by atoms with Gasteiger partial charge in [0.15, 0.2) is 5.76 Å². The third-order valence-corrected chi connectivity index (χ3v) is 5.74. The molecule has 0 aromatic heterocycles. The fourth-order valence-corrected chi connectivity index (χ4v) is 4.10. The molecular weight excluding hydrogens is 336 g/mol. The second-order valence-electron chi connectivity index (χ2n) is 7.29. The van der Waals surface area contributed by atoms with Gasteiger partial charge in [-0.1, -0.05) is 67.6 Å². The van der Waals surface area contributed by atoms with E-state index < -0.39 is 5.79 Å². The summed E-state index contributed by atoms with van der Waals surface area (Å²) in [6.07, 6.45) is 3.97. The van der Waals surface area contributed by atoms with Gasteiger partial charge in [0.05, 0.1) is 13.2 Å². The molecule has 0 spiro atoms. The molecule has 0 aliphatic heterocycles. The lowest BCUT2D eigenvalue weighted by molar-refractivity contribution is -0.276. The van der Waals surface area contributed by atoms with Crippen LogP contribution < -0.4 is 0 Å². The molecule has 3 heteroatoms. The molecule has 0 bridgehead atoms. The van der Waals surface area contributed by atoms with Crippen molar-refractivity contribution in [1.82, 2.24) is 0 Å². The van der Waals surface area contributed by atoms with E-state index >= 15 is 0 Å². The molecular formula is C24H30O3. The molecule has 0 fully saturated rings. The summed E-state index contributed by atoms with van der Waals surface area (Å²) in [5.41, 5.74) is 2.46. The molecule has 144 valence electrons. The molecule has 1 aliphatic carbocycles. The van der Waals surface area contributed by atoms with E-state index in [0.717, 1.165) is 24.2 Å². The topological polar surface area (TPSA) is 27.7 Å². The van der Waals surface area contributed by atoms with Crippen LogP contribution in [0.25, 0.3) is 0 Å². The highest BCUT2D eigenvalue weighted by molar-refractivity contribution is 5.21. The van der Waals surface area contributed by atoms with E-state index in [1.807, 2.05) is 18.2 Å². The summed E-state index contributed by atoms with van der Waals surface area (Å²) in [4.78, 5) is 0. The Morgan fingerprint density at radius 2 is 1.63 bits per heavy atom. The fraction of sp³-hybridized carbons (Fsp3) is 0.417. The van der Waals surface area contributed by atoms with Crippen molar-refractivity contribution in [2.45, 2.75) is 38.6 Å². The molecule has 0 radical (unpaired) electrons. The molecule has 27 heavy (non-hydrogen) atoms. The minimum atomic E-state index is -0.887. The highest BCUT2D eigenvalue weighted by Gasteiger charge is 2.49. The van der Waals surface area contributed by atoms with Gasteiger partial charge < -0.3 is 14.2 Å². The summed E-state index contributed by atoms with van der Waals surface area (Å²) in [5.74, 6) is 0.439. The number of hydrogen-bond donors (Lipinski definition) is 0. The standard InChI is InChI=1S/C24H30O3/c1-18-22(17-20-11-7-5-8-12-20)15-16-23(25-3)24(18,26-4)27-19(2)21-13-9-6-10-14-21/h5-14,16,18-19,22H,15,17H2,1-4H3/t18?,19-,22?,24?/m1/s1. The zero-order valence-electron chi connectivity index (χ0n) is 16.7. The van der Waals surface area contributed by atoms with Gasteiger partial charge >= 0.3 is 0 Å². The van der Waals surface area contributed by atoms with Gasteiger partial charge in [0.25, 0.3) is 0 Å². The molecule has 3 unspecified atom stereocenters. The normalized spacial score (nSPS) is 26.3. The quantitative estimate of drug-likeness (QED) is 0.603. The van der Waals surface area contributed by atoms with Crippen LogP contribution in [0.2, 0.25) is 0 Å². The van der Waals surface area contributed by atoms with Crippen molar-refractivity contribution in [3.8, 4) is 0 Å². The lowest BCUT2D eigenvalue weighted by Gasteiger charge is -2.45. The van der Waals surface area contributed by atoms with Crippen molar-refractivity contribution in [2.75, 3.05) is 14.2 Å². The summed E-state index contributed by atoms with van der Waals surface area (Å²) in [6.45, 7) is 4.28. The average molecular weight is 367 g/mol. The minimum absolute atomic E-state index is 0.109. The first kappa shape index (κ1) is 19.7. The Morgan fingerprint density at radius 1 is 1.00 bits per heavy atom. The number of ether oxygens (including phenoxy) is 3. The number of methoxy groups -OCH3 is 2. The number of allylic oxidation sites excluding steroid dienone is 1. The molecule has 0 saturated carbocycles. The van der Waals surface area contributed by atoms with Gasteiger partial charge in [-0.15, -0.1) is 0 Å². The largest absolute Gasteiger partial charge is 0.496 e. The second kappa shape index (κ2) is 8.73. The molecule has 0 amide bonds. The van der Waals surface area contributed by atoms with E-state index in [-0.39, 0.29) is 12.0 Å². The van der Waals surface area contributed by atoms with Crippen molar-refractivity contribution in [3.05, 3.63) is 83.6 Å². The Hall–Kier alpha value is -2.10. The Morgan fingerprint density at radius 3 is 2.22 bits per heavy atom. The van der Waals surface area contributed by atoms with Crippen LogP contribution in [0.4, 0.5) is 0 Å². The van der Waals surface area contributed by atoms with E-state index in [1.165, 1.54) is 5.56 Å². The first-order valence-corrected chi connectivity index (χ1v) is 9.67. The highest BCUT2D eigenvalue weighted by Crippen LogP contribution is 2.45. The minimum Gasteiger partial charge on any atom is -0.496 e. The van der Waals surface area contributed by atoms with Gasteiger partial charge in [0.1, 0.15) is 0 Å². The second-order valence-corrected chi connectivity index (χ2v) is 7.29. The van der Waals surface area contributed by atoms with E-state index in [0.29, 0.717) is 5.92 Å². The summed E-state index contributed by atoms with van der Waals surface area (Å²) >= 11 is 0. The first-order chi connectivity index (χ1) is 13.1. The number of hydrogen-bond acceptors (Lipinski definition) is 3. The lowest BCUT2D eigenvalue weighted by atomic mass is 9.75.